The van der Waals surface area contributed by atoms with Crippen LogP contribution in [-0.2, 0) is 0 Å². The summed E-state index contributed by atoms with van der Waals surface area (Å²) in [5.41, 5.74) is 5.72. The number of hydrogen-bond donors (Lipinski definition) is 0. The molecule has 2 aliphatic rings. The summed E-state index contributed by atoms with van der Waals surface area (Å²) in [6.07, 6.45) is -0.109. The van der Waals surface area contributed by atoms with Crippen molar-refractivity contribution in [2.75, 3.05) is 0 Å². The molecule has 4 aromatic rings. The van der Waals surface area contributed by atoms with E-state index >= 15 is 0 Å². The maximum Gasteiger partial charge on any atom is 0.134 e. The Bertz CT molecular complexity index is 1250. The number of para-hydroxylation sites is 2. The topological polar surface area (TPSA) is 21.6 Å². The Morgan fingerprint density at radius 2 is 1.29 bits per heavy atom. The summed E-state index contributed by atoms with van der Waals surface area (Å²) < 4.78 is 6.70. The van der Waals surface area contributed by atoms with Crippen LogP contribution < -0.4 is 4.74 Å². The maximum atomic E-state index is 6.70. The van der Waals surface area contributed by atoms with Gasteiger partial charge in [0.15, 0.2) is 0 Å². The number of fused-ring (bicyclic) bond motifs is 4. The number of aliphatic imine (C=N–C) groups is 1. The van der Waals surface area contributed by atoms with E-state index < -0.39 is 0 Å². The predicted octanol–water partition coefficient (Wildman–Crippen LogP) is 7.40. The summed E-state index contributed by atoms with van der Waals surface area (Å²) in [6, 6.07) is 38.1. The number of rotatable bonds is 2. The zero-order chi connectivity index (χ0) is 20.6. The zero-order valence-corrected chi connectivity index (χ0v) is 17.7. The monoisotopic (exact) mass is 419 g/mol. The van der Waals surface area contributed by atoms with E-state index in [-0.39, 0.29) is 17.3 Å². The lowest BCUT2D eigenvalue weighted by Gasteiger charge is -2.38. The van der Waals surface area contributed by atoms with Crippen LogP contribution in [0.1, 0.15) is 28.0 Å². The van der Waals surface area contributed by atoms with Crippen molar-refractivity contribution in [3.63, 3.8) is 0 Å². The second-order valence-electron chi connectivity index (χ2n) is 7.88. The molecule has 3 atom stereocenters. The molecule has 0 saturated carbocycles. The van der Waals surface area contributed by atoms with Crippen LogP contribution in [0.3, 0.4) is 0 Å². The largest absolute Gasteiger partial charge is 0.484 e. The Morgan fingerprint density at radius 1 is 0.645 bits per heavy atom. The van der Waals surface area contributed by atoms with Gasteiger partial charge in [0.1, 0.15) is 11.9 Å². The lowest BCUT2D eigenvalue weighted by Crippen LogP contribution is -2.35. The van der Waals surface area contributed by atoms with Crippen LogP contribution >= 0.6 is 11.8 Å². The third-order valence-electron chi connectivity index (χ3n) is 6.00. The van der Waals surface area contributed by atoms with Gasteiger partial charge in [-0.05, 0) is 35.4 Å². The minimum Gasteiger partial charge on any atom is -0.484 e. The Morgan fingerprint density at radius 3 is 2.10 bits per heavy atom. The molecule has 0 aliphatic carbocycles. The van der Waals surface area contributed by atoms with Gasteiger partial charge in [0.2, 0.25) is 0 Å². The highest BCUT2D eigenvalue weighted by molar-refractivity contribution is 7.99. The van der Waals surface area contributed by atoms with Crippen LogP contribution in [0.2, 0.25) is 0 Å². The molecule has 0 amide bonds. The summed E-state index contributed by atoms with van der Waals surface area (Å²) >= 11 is 1.90. The molecular formula is C28H21NOS. The molecule has 4 aromatic carbocycles. The van der Waals surface area contributed by atoms with E-state index in [2.05, 4.69) is 103 Å². The molecule has 0 saturated heterocycles. The summed E-state index contributed by atoms with van der Waals surface area (Å²) in [5.74, 6) is 0.986. The number of ether oxygens (including phenoxy) is 1. The number of hydrogen-bond acceptors (Lipinski definition) is 3. The molecule has 2 nitrogen and oxygen atoms in total. The van der Waals surface area contributed by atoms with E-state index in [4.69, 9.17) is 9.73 Å². The minimum atomic E-state index is -0.109. The lowest BCUT2D eigenvalue weighted by molar-refractivity contribution is 0.156. The molecule has 0 spiro atoms. The second-order valence-corrected chi connectivity index (χ2v) is 9.07. The van der Waals surface area contributed by atoms with Gasteiger partial charge in [-0.2, -0.15) is 0 Å². The molecule has 3 unspecified atom stereocenters. The number of nitrogens with zero attached hydrogens (tertiary/aromatic N) is 1. The molecule has 0 fully saturated rings. The van der Waals surface area contributed by atoms with E-state index in [1.807, 2.05) is 17.8 Å². The fraction of sp³-hybridized carbons (Fsp3) is 0.107. The van der Waals surface area contributed by atoms with E-state index in [0.29, 0.717) is 0 Å². The molecule has 150 valence electrons. The summed E-state index contributed by atoms with van der Waals surface area (Å²) in [4.78, 5) is 6.48. The van der Waals surface area contributed by atoms with Gasteiger partial charge in [0.05, 0.1) is 17.3 Å². The predicted molar refractivity (Wildman–Crippen MR) is 127 cm³/mol. The second kappa shape index (κ2) is 7.75. The number of thioether (sulfide) groups is 1. The van der Waals surface area contributed by atoms with Gasteiger partial charge in [-0.15, -0.1) is 11.8 Å². The average Bonchev–Trinajstić information content (AvgIpc) is 3.02. The van der Waals surface area contributed by atoms with Crippen molar-refractivity contribution in [1.82, 2.24) is 0 Å². The third kappa shape index (κ3) is 3.26. The molecule has 2 aliphatic heterocycles. The number of benzene rings is 4. The van der Waals surface area contributed by atoms with Crippen molar-refractivity contribution < 1.29 is 4.74 Å². The van der Waals surface area contributed by atoms with E-state index in [1.54, 1.807) is 0 Å². The van der Waals surface area contributed by atoms with Crippen molar-refractivity contribution in [2.45, 2.75) is 16.2 Å². The van der Waals surface area contributed by atoms with Gasteiger partial charge in [-0.1, -0.05) is 84.9 Å². The van der Waals surface area contributed by atoms with Crippen LogP contribution in [0.15, 0.2) is 119 Å². The highest BCUT2D eigenvalue weighted by Gasteiger charge is 2.43. The van der Waals surface area contributed by atoms with Gasteiger partial charge in [0.25, 0.3) is 0 Å². The van der Waals surface area contributed by atoms with Crippen LogP contribution in [0, 0.1) is 5.92 Å². The van der Waals surface area contributed by atoms with Gasteiger partial charge in [-0.3, -0.25) is 4.99 Å². The Hall–Kier alpha value is -3.30. The molecule has 6 rings (SSSR count). The van der Waals surface area contributed by atoms with Gasteiger partial charge in [0, 0.05) is 15.7 Å². The molecule has 3 heteroatoms. The smallest absolute Gasteiger partial charge is 0.134 e. The van der Waals surface area contributed by atoms with Crippen LogP contribution in [0.4, 0.5) is 5.69 Å². The van der Waals surface area contributed by atoms with Crippen LogP contribution in [-0.4, -0.2) is 5.71 Å². The maximum absolute atomic E-state index is 6.70. The first-order chi connectivity index (χ1) is 15.4. The van der Waals surface area contributed by atoms with E-state index in [0.717, 1.165) is 22.7 Å². The Kier molecular flexibility index (Phi) is 4.62. The standard InChI is InChI=1S/C28H21NOS/c1-3-11-19(12-4-1)27-25-26(21-15-7-9-17-23(21)30-27)29-22-16-8-10-18-24(22)31-28(25)20-13-5-2-6-14-20/h1-18,25,27-28H. The van der Waals surface area contributed by atoms with Crippen molar-refractivity contribution in [2.24, 2.45) is 10.9 Å². The molecule has 2 heterocycles. The van der Waals surface area contributed by atoms with Gasteiger partial charge in [-0.25, -0.2) is 0 Å². The van der Waals surface area contributed by atoms with Crippen molar-refractivity contribution >= 4 is 23.2 Å². The van der Waals surface area contributed by atoms with Gasteiger partial charge >= 0.3 is 0 Å². The van der Waals surface area contributed by atoms with E-state index in [9.17, 15) is 0 Å². The molecule has 31 heavy (non-hydrogen) atoms. The lowest BCUT2D eigenvalue weighted by atomic mass is 9.80. The van der Waals surface area contributed by atoms with Crippen LogP contribution in [0.25, 0.3) is 0 Å². The summed E-state index contributed by atoms with van der Waals surface area (Å²) in [5, 5.41) is 0.183. The van der Waals surface area contributed by atoms with E-state index in [1.165, 1.54) is 16.0 Å². The van der Waals surface area contributed by atoms with Crippen molar-refractivity contribution in [3.05, 3.63) is 126 Å². The average molecular weight is 420 g/mol. The van der Waals surface area contributed by atoms with Crippen LogP contribution in [0.5, 0.6) is 5.75 Å². The fourth-order valence-electron chi connectivity index (χ4n) is 4.58. The fourth-order valence-corrected chi connectivity index (χ4v) is 5.95. The Balaban J connectivity index is 1.62. The summed E-state index contributed by atoms with van der Waals surface area (Å²) in [7, 11) is 0. The summed E-state index contributed by atoms with van der Waals surface area (Å²) in [6.45, 7) is 0. The first-order valence-electron chi connectivity index (χ1n) is 10.6. The molecule has 0 bridgehead atoms. The minimum absolute atomic E-state index is 0.0806. The first kappa shape index (κ1) is 18.5. The van der Waals surface area contributed by atoms with Crippen molar-refractivity contribution in [3.8, 4) is 5.75 Å². The Labute approximate surface area is 186 Å². The van der Waals surface area contributed by atoms with Gasteiger partial charge < -0.3 is 4.74 Å². The normalized spacial score (nSPS) is 21.5. The quantitative estimate of drug-likeness (QED) is 0.337. The highest BCUT2D eigenvalue weighted by atomic mass is 32.2. The molecular weight excluding hydrogens is 398 g/mol. The molecule has 0 radical (unpaired) electrons. The molecule has 0 N–H and O–H groups in total. The van der Waals surface area contributed by atoms with Crippen molar-refractivity contribution in [1.29, 1.82) is 0 Å². The first-order valence-corrected chi connectivity index (χ1v) is 11.5. The zero-order valence-electron chi connectivity index (χ0n) is 16.9. The SMILES string of the molecule is c1ccc(C2Oc3ccccc3C3=Nc4ccccc4SC(c4ccccc4)C32)cc1. The molecule has 0 aromatic heterocycles. The highest BCUT2D eigenvalue weighted by Crippen LogP contribution is 2.55. The third-order valence-corrected chi connectivity index (χ3v) is 7.42.